The van der Waals surface area contributed by atoms with Crippen molar-refractivity contribution in [3.05, 3.63) is 69.5 Å². The van der Waals surface area contributed by atoms with Crippen LogP contribution in [0.1, 0.15) is 5.82 Å². The van der Waals surface area contributed by atoms with Gasteiger partial charge in [0.05, 0.1) is 10.8 Å². The highest BCUT2D eigenvalue weighted by Gasteiger charge is 2.13. The number of nitrogens with zero attached hydrogens (tertiary/aromatic N) is 1. The van der Waals surface area contributed by atoms with Crippen molar-refractivity contribution in [2.75, 3.05) is 0 Å². The Bertz CT molecular complexity index is 1120. The molecule has 4 aromatic rings. The first-order valence-electron chi connectivity index (χ1n) is 7.10. The van der Waals surface area contributed by atoms with Crippen LogP contribution in [-0.2, 0) is 5.75 Å². The van der Waals surface area contributed by atoms with E-state index in [1.165, 1.54) is 17.8 Å². The van der Waals surface area contributed by atoms with Gasteiger partial charge in [0.2, 0.25) is 5.58 Å². The number of benzene rings is 2. The van der Waals surface area contributed by atoms with Gasteiger partial charge < -0.3 is 9.40 Å². The number of hydrogen-bond donors (Lipinski definition) is 1. The summed E-state index contributed by atoms with van der Waals surface area (Å²) in [5.41, 5.74) is 1.07. The molecule has 0 aliphatic heterocycles. The number of rotatable bonds is 3. The molecule has 0 aliphatic carbocycles. The molecule has 1 N–H and O–H groups in total. The lowest BCUT2D eigenvalue weighted by Gasteiger charge is -2.03. The van der Waals surface area contributed by atoms with E-state index in [1.54, 1.807) is 18.2 Å². The van der Waals surface area contributed by atoms with Gasteiger partial charge in [-0.25, -0.2) is 9.37 Å². The summed E-state index contributed by atoms with van der Waals surface area (Å²) < 4.78 is 18.7. The molecular weight excluding hydrogens is 351 g/mol. The molecule has 0 atom stereocenters. The standard InChI is InChI=1S/C17H10ClFN2O2S/c18-11-7-9(5-6-12(11)19)24-8-14-20-15-10-3-1-2-4-13(10)23-16(15)17(22)21-14/h1-7H,8H2,(H,20,21,22). The van der Waals surface area contributed by atoms with E-state index in [-0.39, 0.29) is 16.2 Å². The van der Waals surface area contributed by atoms with Crippen LogP contribution in [-0.4, -0.2) is 9.97 Å². The molecule has 0 fully saturated rings. The molecular formula is C17H10ClFN2O2S. The molecule has 120 valence electrons. The molecule has 0 unspecified atom stereocenters. The summed E-state index contributed by atoms with van der Waals surface area (Å²) in [6.07, 6.45) is 0. The van der Waals surface area contributed by atoms with Crippen molar-refractivity contribution < 1.29 is 8.81 Å². The minimum atomic E-state index is -0.459. The molecule has 0 spiro atoms. The molecule has 2 aromatic carbocycles. The fourth-order valence-electron chi connectivity index (χ4n) is 2.43. The van der Waals surface area contributed by atoms with Crippen LogP contribution >= 0.6 is 23.4 Å². The number of fused-ring (bicyclic) bond motifs is 3. The number of aromatic nitrogens is 2. The summed E-state index contributed by atoms with van der Waals surface area (Å²) in [5.74, 6) is 0.482. The Balaban J connectivity index is 1.70. The van der Waals surface area contributed by atoms with E-state index in [4.69, 9.17) is 16.0 Å². The lowest BCUT2D eigenvalue weighted by molar-refractivity contribution is 0.627. The first kappa shape index (κ1) is 15.2. The van der Waals surface area contributed by atoms with Gasteiger partial charge in [0.1, 0.15) is 22.7 Å². The number of furan rings is 1. The Morgan fingerprint density at radius 3 is 2.92 bits per heavy atom. The van der Waals surface area contributed by atoms with Crippen molar-refractivity contribution in [2.45, 2.75) is 10.6 Å². The molecule has 24 heavy (non-hydrogen) atoms. The number of halogens is 2. The minimum absolute atomic E-state index is 0.0673. The van der Waals surface area contributed by atoms with E-state index in [9.17, 15) is 9.18 Å². The summed E-state index contributed by atoms with van der Waals surface area (Å²) in [6.45, 7) is 0. The Labute approximate surface area is 144 Å². The molecule has 0 saturated heterocycles. The van der Waals surface area contributed by atoms with E-state index >= 15 is 0 Å². The second-order valence-electron chi connectivity index (χ2n) is 5.15. The Kier molecular flexibility index (Phi) is 3.78. The molecule has 0 radical (unpaired) electrons. The summed E-state index contributed by atoms with van der Waals surface area (Å²) in [7, 11) is 0. The minimum Gasteiger partial charge on any atom is -0.449 e. The summed E-state index contributed by atoms with van der Waals surface area (Å²) in [6, 6.07) is 11.9. The third kappa shape index (κ3) is 2.68. The zero-order chi connectivity index (χ0) is 16.7. The number of nitrogens with one attached hydrogen (secondary N) is 1. The Morgan fingerprint density at radius 1 is 1.25 bits per heavy atom. The lowest BCUT2D eigenvalue weighted by atomic mass is 10.2. The second kappa shape index (κ2) is 5.96. The summed E-state index contributed by atoms with van der Waals surface area (Å²) in [5, 5.41) is 0.868. The molecule has 0 amide bonds. The van der Waals surface area contributed by atoms with Gasteiger partial charge >= 0.3 is 0 Å². The van der Waals surface area contributed by atoms with Crippen LogP contribution in [0.25, 0.3) is 22.1 Å². The fourth-order valence-corrected chi connectivity index (χ4v) is 3.48. The molecule has 0 aliphatic rings. The van der Waals surface area contributed by atoms with E-state index in [0.717, 1.165) is 10.3 Å². The number of aromatic amines is 1. The van der Waals surface area contributed by atoms with Crippen LogP contribution < -0.4 is 5.56 Å². The maximum atomic E-state index is 13.2. The highest BCUT2D eigenvalue weighted by molar-refractivity contribution is 7.98. The van der Waals surface area contributed by atoms with Crippen LogP contribution in [0.4, 0.5) is 4.39 Å². The lowest BCUT2D eigenvalue weighted by Crippen LogP contribution is -2.10. The summed E-state index contributed by atoms with van der Waals surface area (Å²) in [4.78, 5) is 20.2. The van der Waals surface area contributed by atoms with Crippen molar-refractivity contribution in [3.63, 3.8) is 0 Å². The van der Waals surface area contributed by atoms with Crippen LogP contribution in [0.15, 0.2) is 56.6 Å². The van der Waals surface area contributed by atoms with Gasteiger partial charge in [0, 0.05) is 10.3 Å². The van der Waals surface area contributed by atoms with Crippen molar-refractivity contribution in [1.82, 2.24) is 9.97 Å². The second-order valence-corrected chi connectivity index (χ2v) is 6.61. The van der Waals surface area contributed by atoms with Crippen LogP contribution in [0.2, 0.25) is 5.02 Å². The van der Waals surface area contributed by atoms with E-state index in [2.05, 4.69) is 9.97 Å². The zero-order valence-electron chi connectivity index (χ0n) is 12.2. The first-order chi connectivity index (χ1) is 11.6. The van der Waals surface area contributed by atoms with E-state index < -0.39 is 5.82 Å². The molecule has 0 saturated carbocycles. The highest BCUT2D eigenvalue weighted by atomic mass is 35.5. The Hall–Kier alpha value is -2.31. The van der Waals surface area contributed by atoms with Gasteiger partial charge in [-0.2, -0.15) is 0 Å². The number of hydrogen-bond acceptors (Lipinski definition) is 4. The largest absolute Gasteiger partial charge is 0.449 e. The molecule has 2 aromatic heterocycles. The van der Waals surface area contributed by atoms with E-state index in [1.807, 2.05) is 18.2 Å². The maximum Gasteiger partial charge on any atom is 0.294 e. The van der Waals surface area contributed by atoms with Gasteiger partial charge in [0.25, 0.3) is 5.56 Å². The third-order valence-corrected chi connectivity index (χ3v) is 4.84. The van der Waals surface area contributed by atoms with E-state index in [0.29, 0.717) is 22.7 Å². The van der Waals surface area contributed by atoms with Gasteiger partial charge in [-0.3, -0.25) is 4.79 Å². The predicted octanol–water partition coefficient (Wildman–Crippen LogP) is 4.75. The smallest absolute Gasteiger partial charge is 0.294 e. The van der Waals surface area contributed by atoms with Gasteiger partial charge in [-0.1, -0.05) is 23.7 Å². The van der Waals surface area contributed by atoms with Gasteiger partial charge in [-0.05, 0) is 30.3 Å². The SMILES string of the molecule is O=c1[nH]c(CSc2ccc(F)c(Cl)c2)nc2c1oc1ccccc12. The van der Waals surface area contributed by atoms with Gasteiger partial charge in [-0.15, -0.1) is 11.8 Å². The van der Waals surface area contributed by atoms with Crippen LogP contribution in [0.5, 0.6) is 0 Å². The van der Waals surface area contributed by atoms with Gasteiger partial charge in [0.15, 0.2) is 0 Å². The third-order valence-electron chi connectivity index (χ3n) is 3.55. The molecule has 4 rings (SSSR count). The van der Waals surface area contributed by atoms with Crippen LogP contribution in [0.3, 0.4) is 0 Å². The number of para-hydroxylation sites is 1. The molecule has 0 bridgehead atoms. The average Bonchev–Trinajstić information content (AvgIpc) is 2.95. The molecule has 7 heteroatoms. The van der Waals surface area contributed by atoms with Crippen LogP contribution in [0, 0.1) is 5.82 Å². The quantitative estimate of drug-likeness (QED) is 0.535. The maximum absolute atomic E-state index is 13.2. The van der Waals surface area contributed by atoms with Crippen molar-refractivity contribution in [1.29, 1.82) is 0 Å². The number of H-pyrrole nitrogens is 1. The Morgan fingerprint density at radius 2 is 2.08 bits per heavy atom. The molecule has 2 heterocycles. The van der Waals surface area contributed by atoms with Crippen molar-refractivity contribution in [3.8, 4) is 0 Å². The topological polar surface area (TPSA) is 58.9 Å². The molecule has 4 nitrogen and oxygen atoms in total. The normalized spacial score (nSPS) is 11.4. The average molecular weight is 361 g/mol. The monoisotopic (exact) mass is 360 g/mol. The van der Waals surface area contributed by atoms with Crippen molar-refractivity contribution >= 4 is 45.4 Å². The predicted molar refractivity (Wildman–Crippen MR) is 93.1 cm³/mol. The fraction of sp³-hybridized carbons (Fsp3) is 0.0588. The zero-order valence-corrected chi connectivity index (χ0v) is 13.7. The highest BCUT2D eigenvalue weighted by Crippen LogP contribution is 2.28. The number of thioether (sulfide) groups is 1. The van der Waals surface area contributed by atoms with Crippen molar-refractivity contribution in [2.24, 2.45) is 0 Å². The first-order valence-corrected chi connectivity index (χ1v) is 8.46. The summed E-state index contributed by atoms with van der Waals surface area (Å²) >= 11 is 7.18.